The van der Waals surface area contributed by atoms with Crippen LogP contribution in [0.5, 0.6) is 5.75 Å². The normalized spacial score (nSPS) is 17.1. The summed E-state index contributed by atoms with van der Waals surface area (Å²) in [6.45, 7) is 8.02. The van der Waals surface area contributed by atoms with E-state index < -0.39 is 17.7 Å². The van der Waals surface area contributed by atoms with E-state index in [-0.39, 0.29) is 11.3 Å². The number of Topliss-reactive ketones (excluding diaryl/α,β-unsaturated/α-hetero) is 1. The average Bonchev–Trinajstić information content (AvgIpc) is 3.31. The van der Waals surface area contributed by atoms with Crippen LogP contribution >= 0.6 is 11.6 Å². The van der Waals surface area contributed by atoms with Gasteiger partial charge in [0, 0.05) is 33.4 Å². The second kappa shape index (κ2) is 9.45. The molecule has 4 aromatic rings. The number of anilines is 1. The lowest BCUT2D eigenvalue weighted by Crippen LogP contribution is -2.29. The molecule has 1 aliphatic rings. The third-order valence-corrected chi connectivity index (χ3v) is 6.96. The van der Waals surface area contributed by atoms with Crippen LogP contribution in [0.1, 0.15) is 40.9 Å². The van der Waals surface area contributed by atoms with Gasteiger partial charge in [0.25, 0.3) is 11.7 Å². The van der Waals surface area contributed by atoms with E-state index in [9.17, 15) is 14.7 Å². The first kappa shape index (κ1) is 24.7. The molecule has 0 saturated carbocycles. The molecule has 1 saturated heterocycles. The molecule has 1 atom stereocenters. The van der Waals surface area contributed by atoms with Gasteiger partial charge in [-0.2, -0.15) is 0 Å². The number of aliphatic hydroxyl groups excluding tert-OH is 1. The molecule has 1 aromatic heterocycles. The van der Waals surface area contributed by atoms with Gasteiger partial charge in [-0.05, 0) is 75.2 Å². The summed E-state index contributed by atoms with van der Waals surface area (Å²) in [5.41, 5.74) is 5.32. The Kier molecular flexibility index (Phi) is 6.30. The first-order valence-corrected chi connectivity index (χ1v) is 12.5. The van der Waals surface area contributed by atoms with Crippen molar-refractivity contribution in [3.05, 3.63) is 99.2 Å². The minimum atomic E-state index is -0.844. The number of hydrogen-bond acceptors (Lipinski definition) is 4. The molecular formula is C30H27ClN2O4. The maximum absolute atomic E-state index is 13.6. The summed E-state index contributed by atoms with van der Waals surface area (Å²) in [7, 11) is 0. The molecule has 37 heavy (non-hydrogen) atoms. The van der Waals surface area contributed by atoms with Crippen LogP contribution in [-0.4, -0.2) is 28.4 Å². The van der Waals surface area contributed by atoms with Crippen LogP contribution in [0.2, 0.25) is 5.02 Å². The molecular weight excluding hydrogens is 488 g/mol. The van der Waals surface area contributed by atoms with Crippen LogP contribution in [0, 0.1) is 20.8 Å². The molecule has 0 spiro atoms. The third kappa shape index (κ3) is 4.17. The Labute approximate surface area is 220 Å². The number of ketones is 1. The number of aromatic nitrogens is 1. The summed E-state index contributed by atoms with van der Waals surface area (Å²) in [5, 5.41) is 12.8. The molecule has 188 valence electrons. The number of fused-ring (bicyclic) bond motifs is 1. The fourth-order valence-corrected chi connectivity index (χ4v) is 5.36. The van der Waals surface area contributed by atoms with Gasteiger partial charge in [0.1, 0.15) is 11.5 Å². The monoisotopic (exact) mass is 514 g/mol. The number of rotatable bonds is 5. The number of amides is 1. The van der Waals surface area contributed by atoms with Crippen LogP contribution in [0.15, 0.2) is 66.2 Å². The van der Waals surface area contributed by atoms with Crippen molar-refractivity contribution in [1.29, 1.82) is 0 Å². The number of nitrogens with zero attached hydrogens (tertiary/aromatic N) is 1. The Morgan fingerprint density at radius 2 is 1.73 bits per heavy atom. The number of aromatic amines is 1. The number of carbonyl (C=O) groups excluding carboxylic acids is 2. The minimum Gasteiger partial charge on any atom is -0.507 e. The number of benzene rings is 3. The summed E-state index contributed by atoms with van der Waals surface area (Å²) in [5.74, 6) is -1.34. The van der Waals surface area contributed by atoms with Gasteiger partial charge in [0.15, 0.2) is 0 Å². The van der Waals surface area contributed by atoms with Crippen molar-refractivity contribution in [2.75, 3.05) is 11.5 Å². The lowest BCUT2D eigenvalue weighted by molar-refractivity contribution is -0.132. The Morgan fingerprint density at radius 3 is 2.43 bits per heavy atom. The van der Waals surface area contributed by atoms with Crippen molar-refractivity contribution in [1.82, 2.24) is 4.98 Å². The number of aliphatic hydroxyl groups is 1. The Hall–Kier alpha value is -4.03. The summed E-state index contributed by atoms with van der Waals surface area (Å²) >= 11 is 6.26. The van der Waals surface area contributed by atoms with Crippen molar-refractivity contribution >= 4 is 45.6 Å². The number of carbonyl (C=O) groups is 2. The van der Waals surface area contributed by atoms with E-state index in [0.29, 0.717) is 28.6 Å². The predicted octanol–water partition coefficient (Wildman–Crippen LogP) is 6.77. The molecule has 5 rings (SSSR count). The molecule has 7 heteroatoms. The van der Waals surface area contributed by atoms with Crippen molar-refractivity contribution in [3.63, 3.8) is 0 Å². The van der Waals surface area contributed by atoms with E-state index >= 15 is 0 Å². The van der Waals surface area contributed by atoms with Gasteiger partial charge < -0.3 is 14.8 Å². The molecule has 0 radical (unpaired) electrons. The first-order chi connectivity index (χ1) is 17.7. The van der Waals surface area contributed by atoms with Crippen LogP contribution < -0.4 is 9.64 Å². The van der Waals surface area contributed by atoms with Crippen LogP contribution in [0.3, 0.4) is 0 Å². The minimum absolute atomic E-state index is 0.0155. The average molecular weight is 515 g/mol. The fraction of sp³-hybridized carbons (Fsp3) is 0.200. The Balaban J connectivity index is 1.81. The van der Waals surface area contributed by atoms with E-state index in [1.54, 1.807) is 18.2 Å². The first-order valence-electron chi connectivity index (χ1n) is 12.1. The van der Waals surface area contributed by atoms with E-state index in [2.05, 4.69) is 4.98 Å². The predicted molar refractivity (Wildman–Crippen MR) is 146 cm³/mol. The molecule has 1 aliphatic heterocycles. The van der Waals surface area contributed by atoms with E-state index in [1.807, 2.05) is 70.2 Å². The fourth-order valence-electron chi connectivity index (χ4n) is 5.18. The highest BCUT2D eigenvalue weighted by molar-refractivity contribution is 6.52. The lowest BCUT2D eigenvalue weighted by Gasteiger charge is -2.26. The number of nitrogens with one attached hydrogen (secondary N) is 1. The van der Waals surface area contributed by atoms with Crippen molar-refractivity contribution in [3.8, 4) is 5.75 Å². The maximum Gasteiger partial charge on any atom is 0.300 e. The van der Waals surface area contributed by atoms with Gasteiger partial charge >= 0.3 is 0 Å². The smallest absolute Gasteiger partial charge is 0.300 e. The molecule has 2 N–H and O–H groups in total. The largest absolute Gasteiger partial charge is 0.507 e. The lowest BCUT2D eigenvalue weighted by atomic mass is 9.93. The van der Waals surface area contributed by atoms with E-state index in [4.69, 9.17) is 16.3 Å². The zero-order valence-corrected chi connectivity index (χ0v) is 21.8. The molecule has 1 amide bonds. The van der Waals surface area contributed by atoms with E-state index in [0.717, 1.165) is 33.3 Å². The molecule has 3 aromatic carbocycles. The van der Waals surface area contributed by atoms with Crippen LogP contribution in [0.25, 0.3) is 16.7 Å². The SMILES string of the molecule is CCOc1cc(/C(O)=C2\C(=O)C(=O)N(c3cc(C)cc(C)c3)C2c2c(C)[nH]c3ccccc23)ccc1Cl. The molecule has 0 bridgehead atoms. The van der Waals surface area contributed by atoms with Gasteiger partial charge in [-0.3, -0.25) is 14.5 Å². The highest BCUT2D eigenvalue weighted by Gasteiger charge is 2.48. The van der Waals surface area contributed by atoms with Gasteiger partial charge in [-0.1, -0.05) is 35.9 Å². The topological polar surface area (TPSA) is 82.6 Å². The number of hydrogen-bond donors (Lipinski definition) is 2. The number of aryl methyl sites for hydroxylation is 3. The molecule has 1 fully saturated rings. The van der Waals surface area contributed by atoms with Crippen molar-refractivity contribution < 1.29 is 19.4 Å². The highest BCUT2D eigenvalue weighted by Crippen LogP contribution is 2.46. The zero-order chi connectivity index (χ0) is 26.4. The Bertz CT molecular complexity index is 1580. The quantitative estimate of drug-likeness (QED) is 0.175. The number of para-hydroxylation sites is 1. The number of ether oxygens (including phenoxy) is 1. The zero-order valence-electron chi connectivity index (χ0n) is 21.1. The second-order valence-corrected chi connectivity index (χ2v) is 9.71. The van der Waals surface area contributed by atoms with Gasteiger partial charge in [0.2, 0.25) is 0 Å². The highest BCUT2D eigenvalue weighted by atomic mass is 35.5. The van der Waals surface area contributed by atoms with Crippen molar-refractivity contribution in [2.24, 2.45) is 0 Å². The summed E-state index contributed by atoms with van der Waals surface area (Å²) < 4.78 is 5.60. The third-order valence-electron chi connectivity index (χ3n) is 6.65. The molecule has 0 aliphatic carbocycles. The molecule has 6 nitrogen and oxygen atoms in total. The molecule has 1 unspecified atom stereocenters. The maximum atomic E-state index is 13.6. The number of halogens is 1. The van der Waals surface area contributed by atoms with Crippen LogP contribution in [-0.2, 0) is 9.59 Å². The van der Waals surface area contributed by atoms with Crippen molar-refractivity contribution in [2.45, 2.75) is 33.7 Å². The number of H-pyrrole nitrogens is 1. The van der Waals surface area contributed by atoms with E-state index in [1.165, 1.54) is 4.90 Å². The standard InChI is InChI=1S/C30H27ClN2O4/c1-5-37-24-15-19(10-11-22(24)31)28(34)26-27(25-18(4)32-23-9-7-6-8-21(23)25)33(30(36)29(26)35)20-13-16(2)12-17(3)14-20/h6-15,27,32,34H,5H2,1-4H3/b28-26+. The second-order valence-electron chi connectivity index (χ2n) is 9.30. The summed E-state index contributed by atoms with van der Waals surface area (Å²) in [4.78, 5) is 32.1. The summed E-state index contributed by atoms with van der Waals surface area (Å²) in [6.07, 6.45) is 0. The van der Waals surface area contributed by atoms with Gasteiger partial charge in [-0.25, -0.2) is 0 Å². The summed E-state index contributed by atoms with van der Waals surface area (Å²) in [6, 6.07) is 17.5. The van der Waals surface area contributed by atoms with Gasteiger partial charge in [0.05, 0.1) is 23.2 Å². The molecule has 2 heterocycles. The van der Waals surface area contributed by atoms with Gasteiger partial charge in [-0.15, -0.1) is 0 Å². The Morgan fingerprint density at radius 1 is 1.03 bits per heavy atom. The van der Waals surface area contributed by atoms with Crippen LogP contribution in [0.4, 0.5) is 5.69 Å².